The van der Waals surface area contributed by atoms with E-state index in [1.165, 1.54) is 16.7 Å². The molecule has 0 spiro atoms. The lowest BCUT2D eigenvalue weighted by Crippen LogP contribution is -2.30. The van der Waals surface area contributed by atoms with Gasteiger partial charge in [-0.2, -0.15) is 0 Å². The van der Waals surface area contributed by atoms with Gasteiger partial charge in [-0.25, -0.2) is 0 Å². The van der Waals surface area contributed by atoms with Crippen molar-refractivity contribution in [2.75, 3.05) is 26.2 Å². The van der Waals surface area contributed by atoms with E-state index in [1.54, 1.807) is 0 Å². The number of nitrogens with zero attached hydrogens (tertiary/aromatic N) is 1. The van der Waals surface area contributed by atoms with Gasteiger partial charge in [-0.1, -0.05) is 36.2 Å². The molecule has 1 aromatic rings. The molecule has 0 aliphatic carbocycles. The number of hydrogen-bond donors (Lipinski definition) is 2. The van der Waals surface area contributed by atoms with Gasteiger partial charge in [-0.15, -0.1) is 0 Å². The zero-order chi connectivity index (χ0) is 13.5. The number of hydrogen-bond acceptors (Lipinski definition) is 3. The lowest BCUT2D eigenvalue weighted by atomic mass is 9.99. The van der Waals surface area contributed by atoms with Crippen LogP contribution in [0.5, 0.6) is 0 Å². The second kappa shape index (κ2) is 7.52. The summed E-state index contributed by atoms with van der Waals surface area (Å²) in [6, 6.07) is 6.58. The van der Waals surface area contributed by atoms with E-state index in [0.29, 0.717) is 0 Å². The van der Waals surface area contributed by atoms with E-state index in [0.717, 1.165) is 26.1 Å². The number of benzene rings is 1. The Labute approximate surface area is 111 Å². The zero-order valence-corrected chi connectivity index (χ0v) is 11.8. The maximum absolute atomic E-state index is 8.95. The molecule has 1 rings (SSSR count). The fourth-order valence-electron chi connectivity index (χ4n) is 2.28. The molecule has 1 aromatic carbocycles. The van der Waals surface area contributed by atoms with Gasteiger partial charge in [0.25, 0.3) is 0 Å². The van der Waals surface area contributed by atoms with Crippen LogP contribution in [0, 0.1) is 13.8 Å². The van der Waals surface area contributed by atoms with Crippen LogP contribution < -0.4 is 5.73 Å². The summed E-state index contributed by atoms with van der Waals surface area (Å²) in [6.45, 7) is 9.16. The van der Waals surface area contributed by atoms with Crippen LogP contribution in [0.1, 0.15) is 36.1 Å². The van der Waals surface area contributed by atoms with Gasteiger partial charge in [-0.3, -0.25) is 0 Å². The molecular formula is C15H26N2O. The molecule has 0 heterocycles. The van der Waals surface area contributed by atoms with Gasteiger partial charge < -0.3 is 15.7 Å². The highest BCUT2D eigenvalue weighted by Gasteiger charge is 2.09. The van der Waals surface area contributed by atoms with Crippen molar-refractivity contribution in [3.8, 4) is 0 Å². The van der Waals surface area contributed by atoms with Gasteiger partial charge in [0, 0.05) is 19.1 Å². The first-order chi connectivity index (χ1) is 8.56. The summed E-state index contributed by atoms with van der Waals surface area (Å²) in [5.41, 5.74) is 9.99. The summed E-state index contributed by atoms with van der Waals surface area (Å²) >= 11 is 0. The van der Waals surface area contributed by atoms with Crippen molar-refractivity contribution in [1.29, 1.82) is 0 Å². The highest BCUT2D eigenvalue weighted by atomic mass is 16.3. The Morgan fingerprint density at radius 3 is 2.28 bits per heavy atom. The minimum Gasteiger partial charge on any atom is -0.395 e. The maximum Gasteiger partial charge on any atom is 0.0558 e. The Hall–Kier alpha value is -0.900. The first-order valence-electron chi connectivity index (χ1n) is 6.73. The Balaban J connectivity index is 2.56. The van der Waals surface area contributed by atoms with E-state index in [2.05, 4.69) is 43.9 Å². The van der Waals surface area contributed by atoms with E-state index >= 15 is 0 Å². The molecule has 1 atom stereocenters. The topological polar surface area (TPSA) is 49.5 Å². The first-order valence-corrected chi connectivity index (χ1v) is 6.73. The predicted molar refractivity (Wildman–Crippen MR) is 76.7 cm³/mol. The number of nitrogens with two attached hydrogens (primary N) is 1. The summed E-state index contributed by atoms with van der Waals surface area (Å²) in [5, 5.41) is 8.95. The van der Waals surface area contributed by atoms with Crippen molar-refractivity contribution in [3.63, 3.8) is 0 Å². The fourth-order valence-corrected chi connectivity index (χ4v) is 2.28. The highest BCUT2D eigenvalue weighted by molar-refractivity contribution is 5.30. The first kappa shape index (κ1) is 15.2. The van der Waals surface area contributed by atoms with Gasteiger partial charge >= 0.3 is 0 Å². The number of aryl methyl sites for hydroxylation is 2. The van der Waals surface area contributed by atoms with E-state index in [9.17, 15) is 0 Å². The summed E-state index contributed by atoms with van der Waals surface area (Å²) in [4.78, 5) is 2.22. The van der Waals surface area contributed by atoms with Gasteiger partial charge in [0.1, 0.15) is 0 Å². The third-order valence-corrected chi connectivity index (χ3v) is 3.29. The number of aliphatic hydroxyl groups excluding tert-OH is 1. The highest BCUT2D eigenvalue weighted by Crippen LogP contribution is 2.18. The van der Waals surface area contributed by atoms with Crippen molar-refractivity contribution in [1.82, 2.24) is 4.90 Å². The second-order valence-corrected chi connectivity index (χ2v) is 4.97. The summed E-state index contributed by atoms with van der Waals surface area (Å²) in [5.74, 6) is 0. The third kappa shape index (κ3) is 4.77. The maximum atomic E-state index is 8.95. The minimum absolute atomic E-state index is 0.0799. The zero-order valence-electron chi connectivity index (χ0n) is 11.8. The largest absolute Gasteiger partial charge is 0.395 e. The quantitative estimate of drug-likeness (QED) is 0.778. The number of rotatable bonds is 7. The Morgan fingerprint density at radius 1 is 1.17 bits per heavy atom. The summed E-state index contributed by atoms with van der Waals surface area (Å²) in [6.07, 6.45) is 0.927. The minimum atomic E-state index is 0.0799. The van der Waals surface area contributed by atoms with Crippen LogP contribution in [0.2, 0.25) is 0 Å². The molecular weight excluding hydrogens is 224 g/mol. The lowest BCUT2D eigenvalue weighted by molar-refractivity contribution is 0.198. The molecule has 18 heavy (non-hydrogen) atoms. The van der Waals surface area contributed by atoms with Crippen molar-refractivity contribution < 1.29 is 5.11 Å². The number of aliphatic hydroxyl groups is 1. The Bertz CT molecular complexity index is 345. The molecule has 0 saturated heterocycles. The molecule has 0 amide bonds. The van der Waals surface area contributed by atoms with Crippen LogP contribution in [-0.2, 0) is 0 Å². The van der Waals surface area contributed by atoms with Crippen molar-refractivity contribution in [2.45, 2.75) is 33.2 Å². The molecule has 102 valence electrons. The average Bonchev–Trinajstić information content (AvgIpc) is 2.32. The van der Waals surface area contributed by atoms with Gasteiger partial charge in [-0.05, 0) is 32.4 Å². The molecule has 0 radical (unpaired) electrons. The Kier molecular flexibility index (Phi) is 6.33. The summed E-state index contributed by atoms with van der Waals surface area (Å²) < 4.78 is 0. The van der Waals surface area contributed by atoms with E-state index < -0.39 is 0 Å². The van der Waals surface area contributed by atoms with Crippen LogP contribution in [-0.4, -0.2) is 36.2 Å². The van der Waals surface area contributed by atoms with Crippen LogP contribution in [0.15, 0.2) is 18.2 Å². The molecule has 1 unspecified atom stereocenters. The number of likely N-dealkylation sites (N-methyl/N-ethyl adjacent to an activating group) is 1. The van der Waals surface area contributed by atoms with Crippen LogP contribution in [0.3, 0.4) is 0 Å². The van der Waals surface area contributed by atoms with E-state index in [4.69, 9.17) is 10.8 Å². The standard InChI is InChI=1S/C15H26N2O/c1-4-17(7-8-18)6-5-15(16)14-10-12(2)9-13(3)11-14/h9-11,15,18H,4-8,16H2,1-3H3. The van der Waals surface area contributed by atoms with E-state index in [-0.39, 0.29) is 12.6 Å². The molecule has 0 fully saturated rings. The average molecular weight is 250 g/mol. The van der Waals surface area contributed by atoms with Gasteiger partial charge in [0.15, 0.2) is 0 Å². The predicted octanol–water partition coefficient (Wildman–Crippen LogP) is 2.01. The van der Waals surface area contributed by atoms with Crippen molar-refractivity contribution in [2.24, 2.45) is 5.73 Å². The molecule has 3 heteroatoms. The molecule has 0 aliphatic rings. The smallest absolute Gasteiger partial charge is 0.0558 e. The van der Waals surface area contributed by atoms with Crippen LogP contribution >= 0.6 is 0 Å². The van der Waals surface area contributed by atoms with Gasteiger partial charge in [0.05, 0.1) is 6.61 Å². The van der Waals surface area contributed by atoms with Crippen molar-refractivity contribution >= 4 is 0 Å². The third-order valence-electron chi connectivity index (χ3n) is 3.29. The normalized spacial score (nSPS) is 13.0. The lowest BCUT2D eigenvalue weighted by Gasteiger charge is -2.21. The van der Waals surface area contributed by atoms with E-state index in [1.807, 2.05) is 0 Å². The molecule has 0 saturated carbocycles. The Morgan fingerprint density at radius 2 is 1.78 bits per heavy atom. The van der Waals surface area contributed by atoms with Gasteiger partial charge in [0.2, 0.25) is 0 Å². The SMILES string of the molecule is CCN(CCO)CCC(N)c1cc(C)cc(C)c1. The summed E-state index contributed by atoms with van der Waals surface area (Å²) in [7, 11) is 0. The van der Waals surface area contributed by atoms with Crippen LogP contribution in [0.25, 0.3) is 0 Å². The molecule has 3 nitrogen and oxygen atoms in total. The fraction of sp³-hybridized carbons (Fsp3) is 0.600. The molecule has 0 aromatic heterocycles. The second-order valence-electron chi connectivity index (χ2n) is 4.97. The van der Waals surface area contributed by atoms with Crippen molar-refractivity contribution in [3.05, 3.63) is 34.9 Å². The molecule has 0 aliphatic heterocycles. The molecule has 3 N–H and O–H groups in total. The molecule has 0 bridgehead atoms. The monoisotopic (exact) mass is 250 g/mol. The van der Waals surface area contributed by atoms with Crippen LogP contribution in [0.4, 0.5) is 0 Å².